The normalized spacial score (nSPS) is 12.0. The molecule has 0 spiro atoms. The molecule has 4 nitrogen and oxygen atoms in total. The molecule has 0 unspecified atom stereocenters. The zero-order chi connectivity index (χ0) is 16.2. The van der Waals surface area contributed by atoms with E-state index in [1.54, 1.807) is 32.0 Å². The van der Waals surface area contributed by atoms with Gasteiger partial charge in [0.25, 0.3) is 0 Å². The van der Waals surface area contributed by atoms with Crippen LogP contribution in [0.4, 0.5) is 24.5 Å². The maximum absolute atomic E-state index is 12.5. The van der Waals surface area contributed by atoms with Crippen LogP contribution in [0.15, 0.2) is 18.2 Å². The zero-order valence-corrected chi connectivity index (χ0v) is 12.3. The molecule has 7 heteroatoms. The number of aryl methyl sites for hydroxylation is 1. The number of nitrogens with zero attached hydrogens (tertiary/aromatic N) is 1. The van der Waals surface area contributed by atoms with E-state index in [1.807, 2.05) is 6.92 Å². The average molecular weight is 303 g/mol. The van der Waals surface area contributed by atoms with Gasteiger partial charge >= 0.3 is 6.18 Å². The molecule has 0 heterocycles. The summed E-state index contributed by atoms with van der Waals surface area (Å²) >= 11 is 0. The lowest BCUT2D eigenvalue weighted by atomic mass is 10.2. The van der Waals surface area contributed by atoms with Crippen molar-refractivity contribution in [1.82, 2.24) is 4.90 Å². The van der Waals surface area contributed by atoms with Gasteiger partial charge in [0, 0.05) is 6.04 Å². The Balaban J connectivity index is 2.70. The maximum atomic E-state index is 12.5. The summed E-state index contributed by atoms with van der Waals surface area (Å²) in [5.41, 5.74) is 7.48. The number of nitrogens with two attached hydrogens (primary N) is 1. The van der Waals surface area contributed by atoms with E-state index in [1.165, 1.54) is 0 Å². The number of anilines is 2. The van der Waals surface area contributed by atoms with Crippen LogP contribution in [0.3, 0.4) is 0 Å². The Morgan fingerprint density at radius 2 is 2.00 bits per heavy atom. The number of alkyl halides is 3. The number of carbonyl (C=O) groups excluding carboxylic acids is 1. The van der Waals surface area contributed by atoms with Crippen molar-refractivity contribution in [2.24, 2.45) is 0 Å². The quantitative estimate of drug-likeness (QED) is 0.822. The highest BCUT2D eigenvalue weighted by molar-refractivity contribution is 5.95. The van der Waals surface area contributed by atoms with E-state index in [0.29, 0.717) is 11.4 Å². The monoisotopic (exact) mass is 303 g/mol. The summed E-state index contributed by atoms with van der Waals surface area (Å²) in [6.45, 7) is 3.61. The van der Waals surface area contributed by atoms with Crippen molar-refractivity contribution in [2.75, 3.05) is 24.1 Å². The molecule has 0 bridgehead atoms. The Kier molecular flexibility index (Phi) is 5.60. The first-order chi connectivity index (χ1) is 9.58. The minimum Gasteiger partial charge on any atom is -0.397 e. The van der Waals surface area contributed by atoms with Crippen LogP contribution in [-0.2, 0) is 4.79 Å². The van der Waals surface area contributed by atoms with E-state index < -0.39 is 24.7 Å². The first-order valence-corrected chi connectivity index (χ1v) is 6.55. The van der Waals surface area contributed by atoms with Crippen LogP contribution >= 0.6 is 0 Å². The highest BCUT2D eigenvalue weighted by Gasteiger charge is 2.32. The second-order valence-electron chi connectivity index (χ2n) is 5.25. The Bertz CT molecular complexity index is 501. The topological polar surface area (TPSA) is 58.4 Å². The van der Waals surface area contributed by atoms with Crippen molar-refractivity contribution in [3.63, 3.8) is 0 Å². The molecule has 3 N–H and O–H groups in total. The van der Waals surface area contributed by atoms with Gasteiger partial charge in [-0.25, -0.2) is 0 Å². The van der Waals surface area contributed by atoms with Gasteiger partial charge in [-0.05, 0) is 38.5 Å². The van der Waals surface area contributed by atoms with Crippen LogP contribution in [0.5, 0.6) is 0 Å². The van der Waals surface area contributed by atoms with E-state index in [2.05, 4.69) is 5.32 Å². The maximum Gasteiger partial charge on any atom is 0.401 e. The third-order valence-corrected chi connectivity index (χ3v) is 2.94. The van der Waals surface area contributed by atoms with Gasteiger partial charge in [0.15, 0.2) is 0 Å². The predicted octanol–water partition coefficient (Wildman–Crippen LogP) is 2.79. The molecule has 0 aliphatic carbocycles. The van der Waals surface area contributed by atoms with E-state index in [9.17, 15) is 18.0 Å². The fraction of sp³-hybridized carbons (Fsp3) is 0.500. The number of nitrogen functional groups attached to an aromatic ring is 1. The van der Waals surface area contributed by atoms with Crippen molar-refractivity contribution < 1.29 is 18.0 Å². The van der Waals surface area contributed by atoms with Crippen molar-refractivity contribution >= 4 is 17.3 Å². The lowest BCUT2D eigenvalue weighted by Gasteiger charge is -2.26. The summed E-state index contributed by atoms with van der Waals surface area (Å²) in [5, 5.41) is 2.54. The van der Waals surface area contributed by atoms with Gasteiger partial charge in [-0.3, -0.25) is 9.69 Å². The minimum atomic E-state index is -4.34. The molecule has 0 radical (unpaired) electrons. The smallest absolute Gasteiger partial charge is 0.397 e. The number of halogens is 3. The van der Waals surface area contributed by atoms with Crippen molar-refractivity contribution in [1.29, 1.82) is 0 Å². The number of carbonyl (C=O) groups is 1. The van der Waals surface area contributed by atoms with Crippen molar-refractivity contribution in [2.45, 2.75) is 33.0 Å². The van der Waals surface area contributed by atoms with Gasteiger partial charge < -0.3 is 11.1 Å². The largest absolute Gasteiger partial charge is 0.401 e. The molecule has 21 heavy (non-hydrogen) atoms. The van der Waals surface area contributed by atoms with Gasteiger partial charge in [-0.15, -0.1) is 0 Å². The van der Waals surface area contributed by atoms with Crippen LogP contribution in [0.2, 0.25) is 0 Å². The molecule has 0 fully saturated rings. The Morgan fingerprint density at radius 3 is 2.48 bits per heavy atom. The summed E-state index contributed by atoms with van der Waals surface area (Å²) in [6.07, 6.45) is -4.34. The number of benzene rings is 1. The molecule has 0 atom stereocenters. The summed E-state index contributed by atoms with van der Waals surface area (Å²) in [6, 6.07) is 4.69. The molecule has 0 saturated carbocycles. The number of rotatable bonds is 5. The average Bonchev–Trinajstić information content (AvgIpc) is 2.30. The number of hydrogen-bond donors (Lipinski definition) is 2. The first kappa shape index (κ1) is 17.3. The molecule has 1 aromatic carbocycles. The molecule has 0 aromatic heterocycles. The van der Waals surface area contributed by atoms with Gasteiger partial charge in [0.1, 0.15) is 0 Å². The van der Waals surface area contributed by atoms with Crippen LogP contribution in [0, 0.1) is 6.92 Å². The molecule has 1 rings (SSSR count). The second-order valence-corrected chi connectivity index (χ2v) is 5.25. The number of nitrogens with one attached hydrogen (secondary N) is 1. The molecular weight excluding hydrogens is 283 g/mol. The summed E-state index contributed by atoms with van der Waals surface area (Å²) in [4.78, 5) is 12.9. The molecule has 0 aliphatic heterocycles. The van der Waals surface area contributed by atoms with Crippen molar-refractivity contribution in [3.8, 4) is 0 Å². The minimum absolute atomic E-state index is 0.343. The predicted molar refractivity (Wildman–Crippen MR) is 77.0 cm³/mol. The Morgan fingerprint density at radius 1 is 1.38 bits per heavy atom. The lowest BCUT2D eigenvalue weighted by Crippen LogP contribution is -2.43. The molecule has 1 amide bonds. The number of amides is 1. The van der Waals surface area contributed by atoms with Crippen LogP contribution in [0.25, 0.3) is 0 Å². The SMILES string of the molecule is Cc1ccc(NC(=O)CN(CC(F)(F)F)C(C)C)c(N)c1. The van der Waals surface area contributed by atoms with E-state index >= 15 is 0 Å². The third-order valence-electron chi connectivity index (χ3n) is 2.94. The standard InChI is InChI=1S/C14H20F3N3O/c1-9(2)20(8-14(15,16)17)7-13(21)19-12-5-4-10(3)6-11(12)18/h4-6,9H,7-8,18H2,1-3H3,(H,19,21). The van der Waals surface area contributed by atoms with Crippen LogP contribution in [0.1, 0.15) is 19.4 Å². The van der Waals surface area contributed by atoms with Crippen LogP contribution in [-0.4, -0.2) is 36.1 Å². The Labute approximate surface area is 122 Å². The van der Waals surface area contributed by atoms with E-state index in [-0.39, 0.29) is 6.54 Å². The van der Waals surface area contributed by atoms with E-state index in [4.69, 9.17) is 5.73 Å². The van der Waals surface area contributed by atoms with Gasteiger partial charge in [0.2, 0.25) is 5.91 Å². The zero-order valence-electron chi connectivity index (χ0n) is 12.3. The summed E-state index contributed by atoms with van der Waals surface area (Å²) in [5.74, 6) is -0.525. The second kappa shape index (κ2) is 6.80. The van der Waals surface area contributed by atoms with Crippen molar-refractivity contribution in [3.05, 3.63) is 23.8 Å². The molecule has 1 aromatic rings. The van der Waals surface area contributed by atoms with Crippen LogP contribution < -0.4 is 11.1 Å². The highest BCUT2D eigenvalue weighted by Crippen LogP contribution is 2.20. The summed E-state index contributed by atoms with van der Waals surface area (Å²) in [7, 11) is 0. The van der Waals surface area contributed by atoms with E-state index in [0.717, 1.165) is 10.5 Å². The lowest BCUT2D eigenvalue weighted by molar-refractivity contribution is -0.151. The van der Waals surface area contributed by atoms with Gasteiger partial charge in [-0.1, -0.05) is 6.07 Å². The molecule has 0 aliphatic rings. The third kappa shape index (κ3) is 6.03. The highest BCUT2D eigenvalue weighted by atomic mass is 19.4. The molecule has 118 valence electrons. The van der Waals surface area contributed by atoms with Gasteiger partial charge in [-0.2, -0.15) is 13.2 Å². The molecular formula is C14H20F3N3O. The fourth-order valence-electron chi connectivity index (χ4n) is 1.82. The number of hydrogen-bond acceptors (Lipinski definition) is 3. The molecule has 0 saturated heterocycles. The first-order valence-electron chi connectivity index (χ1n) is 6.55. The summed E-state index contributed by atoms with van der Waals surface area (Å²) < 4.78 is 37.4. The fourth-order valence-corrected chi connectivity index (χ4v) is 1.82. The Hall–Kier alpha value is -1.76. The van der Waals surface area contributed by atoms with Gasteiger partial charge in [0.05, 0.1) is 24.5 Å².